The van der Waals surface area contributed by atoms with Gasteiger partial charge < -0.3 is 10.8 Å². The number of carboxylic acids is 1. The lowest BCUT2D eigenvalue weighted by Crippen LogP contribution is -1.99. The summed E-state index contributed by atoms with van der Waals surface area (Å²) in [5, 5.41) is 9.55. The second-order valence-electron chi connectivity index (χ2n) is 6.11. The Morgan fingerprint density at radius 1 is 1.17 bits per heavy atom. The number of unbranched alkanes of at least 4 members (excludes halogenated alkanes) is 6. The van der Waals surface area contributed by atoms with Gasteiger partial charge in [0.2, 0.25) is 0 Å². The van der Waals surface area contributed by atoms with Crippen LogP contribution in [0.2, 0.25) is 0 Å². The van der Waals surface area contributed by atoms with E-state index < -0.39 is 5.97 Å². The number of hydrogen-bond donors (Lipinski definition) is 2. The summed E-state index contributed by atoms with van der Waals surface area (Å²) >= 11 is 1.23. The molecular formula is C19H26N2O2S. The number of thiazole rings is 1. The third-order valence-electron chi connectivity index (χ3n) is 4.10. The van der Waals surface area contributed by atoms with E-state index in [-0.39, 0.29) is 5.69 Å². The summed E-state index contributed by atoms with van der Waals surface area (Å²) in [6.45, 7) is 2.24. The molecule has 2 rings (SSSR count). The summed E-state index contributed by atoms with van der Waals surface area (Å²) in [7, 11) is 0. The fraction of sp³-hybridized carbons (Fsp3) is 0.474. The summed E-state index contributed by atoms with van der Waals surface area (Å²) in [4.78, 5) is 15.9. The highest BCUT2D eigenvalue weighted by Crippen LogP contribution is 2.32. The Kier molecular flexibility index (Phi) is 7.25. The summed E-state index contributed by atoms with van der Waals surface area (Å²) in [6.07, 6.45) is 10.0. The summed E-state index contributed by atoms with van der Waals surface area (Å²) in [5.41, 5.74) is 7.86. The van der Waals surface area contributed by atoms with Crippen molar-refractivity contribution in [1.29, 1.82) is 0 Å². The number of aromatic carboxylic acids is 1. The molecule has 0 saturated carbocycles. The molecule has 3 N–H and O–H groups in total. The maximum atomic E-state index is 11.3. The number of aryl methyl sites for hydroxylation is 1. The Morgan fingerprint density at radius 2 is 1.88 bits per heavy atom. The topological polar surface area (TPSA) is 76.2 Å². The maximum Gasteiger partial charge on any atom is 0.356 e. The smallest absolute Gasteiger partial charge is 0.356 e. The summed E-state index contributed by atoms with van der Waals surface area (Å²) in [6, 6.07) is 8.07. The number of carboxylic acid groups (broad SMARTS) is 1. The largest absolute Gasteiger partial charge is 0.476 e. The van der Waals surface area contributed by atoms with Gasteiger partial charge in [0, 0.05) is 0 Å². The first-order chi connectivity index (χ1) is 11.6. The van der Waals surface area contributed by atoms with Crippen LogP contribution >= 0.6 is 11.3 Å². The zero-order valence-electron chi connectivity index (χ0n) is 14.3. The van der Waals surface area contributed by atoms with Gasteiger partial charge in [-0.1, -0.05) is 81.1 Å². The molecule has 24 heavy (non-hydrogen) atoms. The Labute approximate surface area is 147 Å². The molecule has 0 unspecified atom stereocenters. The van der Waals surface area contributed by atoms with E-state index in [9.17, 15) is 9.90 Å². The minimum atomic E-state index is -1.03. The van der Waals surface area contributed by atoms with E-state index in [1.165, 1.54) is 61.8 Å². The summed E-state index contributed by atoms with van der Waals surface area (Å²) in [5.74, 6) is -1.03. The number of nitrogen functional groups attached to an aromatic ring is 1. The van der Waals surface area contributed by atoms with Crippen molar-refractivity contribution in [2.75, 3.05) is 5.73 Å². The highest BCUT2D eigenvalue weighted by Gasteiger charge is 2.17. The second-order valence-corrected chi connectivity index (χ2v) is 7.14. The monoisotopic (exact) mass is 346 g/mol. The lowest BCUT2D eigenvalue weighted by atomic mass is 10.0. The predicted molar refractivity (Wildman–Crippen MR) is 101 cm³/mol. The molecule has 130 valence electrons. The quantitative estimate of drug-likeness (QED) is 0.566. The number of carbonyl (C=O) groups is 1. The van der Waals surface area contributed by atoms with Gasteiger partial charge in [0.05, 0.1) is 4.88 Å². The van der Waals surface area contributed by atoms with E-state index in [4.69, 9.17) is 5.73 Å². The molecule has 0 aliphatic carbocycles. The standard InChI is InChI=1S/C19H26N2O2S/c1-2-3-4-5-6-7-8-10-14-11-9-12-15(13-14)17-16(18(22)23)21-19(20)24-17/h9,11-13H,2-8,10H2,1H3,(H2,20,21)(H,22,23). The molecule has 0 radical (unpaired) electrons. The van der Waals surface area contributed by atoms with E-state index in [1.54, 1.807) is 0 Å². The number of nitrogens with zero attached hydrogens (tertiary/aromatic N) is 1. The van der Waals surface area contributed by atoms with Gasteiger partial charge in [-0.2, -0.15) is 0 Å². The Hall–Kier alpha value is -1.88. The van der Waals surface area contributed by atoms with E-state index >= 15 is 0 Å². The SMILES string of the molecule is CCCCCCCCCc1cccc(-c2sc(N)nc2C(=O)O)c1. The van der Waals surface area contributed by atoms with Gasteiger partial charge >= 0.3 is 5.97 Å². The Balaban J connectivity index is 1.93. The molecule has 0 atom stereocenters. The van der Waals surface area contributed by atoms with Crippen LogP contribution in [0.3, 0.4) is 0 Å². The fourth-order valence-electron chi connectivity index (χ4n) is 2.83. The van der Waals surface area contributed by atoms with Gasteiger partial charge in [-0.25, -0.2) is 9.78 Å². The molecule has 2 aromatic rings. The minimum absolute atomic E-state index is 0.0468. The average molecular weight is 346 g/mol. The van der Waals surface area contributed by atoms with E-state index in [0.717, 1.165) is 12.0 Å². The zero-order valence-corrected chi connectivity index (χ0v) is 15.1. The van der Waals surface area contributed by atoms with Crippen LogP contribution in [0.1, 0.15) is 67.9 Å². The molecular weight excluding hydrogens is 320 g/mol. The average Bonchev–Trinajstić information content (AvgIpc) is 2.97. The predicted octanol–water partition coefficient (Wildman–Crippen LogP) is 5.38. The van der Waals surface area contributed by atoms with Gasteiger partial charge in [0.1, 0.15) is 0 Å². The van der Waals surface area contributed by atoms with Crippen LogP contribution in [-0.2, 0) is 6.42 Å². The molecule has 0 bridgehead atoms. The van der Waals surface area contributed by atoms with Gasteiger partial charge in [-0.05, 0) is 24.0 Å². The first-order valence-corrected chi connectivity index (χ1v) is 9.52. The van der Waals surface area contributed by atoms with Gasteiger partial charge in [0.25, 0.3) is 0 Å². The van der Waals surface area contributed by atoms with Gasteiger partial charge in [-0.3, -0.25) is 0 Å². The van der Waals surface area contributed by atoms with Crippen LogP contribution in [0.15, 0.2) is 24.3 Å². The highest BCUT2D eigenvalue weighted by atomic mass is 32.1. The Morgan fingerprint density at radius 3 is 2.58 bits per heavy atom. The lowest BCUT2D eigenvalue weighted by molar-refractivity contribution is 0.0692. The van der Waals surface area contributed by atoms with Crippen LogP contribution in [0.4, 0.5) is 5.13 Å². The highest BCUT2D eigenvalue weighted by molar-refractivity contribution is 7.19. The summed E-state index contributed by atoms with van der Waals surface area (Å²) < 4.78 is 0. The fourth-order valence-corrected chi connectivity index (χ4v) is 3.65. The number of rotatable bonds is 10. The van der Waals surface area contributed by atoms with Crippen molar-refractivity contribution in [2.45, 2.75) is 58.3 Å². The third kappa shape index (κ3) is 5.34. The number of nitrogens with two attached hydrogens (primary N) is 1. The van der Waals surface area contributed by atoms with Crippen molar-refractivity contribution in [3.05, 3.63) is 35.5 Å². The van der Waals surface area contributed by atoms with Crippen molar-refractivity contribution in [1.82, 2.24) is 4.98 Å². The zero-order chi connectivity index (χ0) is 17.4. The molecule has 0 fully saturated rings. The van der Waals surface area contributed by atoms with Gasteiger partial charge in [0.15, 0.2) is 10.8 Å². The minimum Gasteiger partial charge on any atom is -0.476 e. The van der Waals surface area contributed by atoms with Crippen molar-refractivity contribution in [3.63, 3.8) is 0 Å². The number of hydrogen-bond acceptors (Lipinski definition) is 4. The van der Waals surface area contributed by atoms with Crippen LogP contribution in [0, 0.1) is 0 Å². The van der Waals surface area contributed by atoms with Gasteiger partial charge in [-0.15, -0.1) is 0 Å². The van der Waals surface area contributed by atoms with Crippen LogP contribution in [0.5, 0.6) is 0 Å². The molecule has 5 heteroatoms. The molecule has 0 aliphatic rings. The molecule has 0 amide bonds. The van der Waals surface area contributed by atoms with Crippen LogP contribution in [0.25, 0.3) is 10.4 Å². The van der Waals surface area contributed by atoms with Crippen LogP contribution < -0.4 is 5.73 Å². The van der Waals surface area contributed by atoms with Crippen molar-refractivity contribution in [2.24, 2.45) is 0 Å². The van der Waals surface area contributed by atoms with E-state index in [1.807, 2.05) is 12.1 Å². The van der Waals surface area contributed by atoms with E-state index in [2.05, 4.69) is 24.0 Å². The van der Waals surface area contributed by atoms with Crippen molar-refractivity contribution in [3.8, 4) is 10.4 Å². The van der Waals surface area contributed by atoms with Crippen molar-refractivity contribution < 1.29 is 9.90 Å². The van der Waals surface area contributed by atoms with E-state index in [0.29, 0.717) is 10.0 Å². The van der Waals surface area contributed by atoms with Crippen molar-refractivity contribution >= 4 is 22.4 Å². The molecule has 1 aromatic carbocycles. The first-order valence-electron chi connectivity index (χ1n) is 8.70. The molecule has 4 nitrogen and oxygen atoms in total. The second kappa shape index (κ2) is 9.42. The molecule has 1 aromatic heterocycles. The number of anilines is 1. The first kappa shape index (κ1) is 18.5. The third-order valence-corrected chi connectivity index (χ3v) is 5.04. The molecule has 1 heterocycles. The Bertz CT molecular complexity index is 667. The molecule has 0 aliphatic heterocycles. The number of aromatic nitrogens is 1. The normalized spacial score (nSPS) is 10.9. The molecule has 0 spiro atoms. The lowest BCUT2D eigenvalue weighted by Gasteiger charge is -2.05. The maximum absolute atomic E-state index is 11.3. The number of benzene rings is 1. The molecule has 0 saturated heterocycles. The van der Waals surface area contributed by atoms with Crippen LogP contribution in [-0.4, -0.2) is 16.1 Å².